The molecule has 1 amide bonds. The average Bonchev–Trinajstić information content (AvgIpc) is 2.06. The lowest BCUT2D eigenvalue weighted by molar-refractivity contribution is -0.133. The molecule has 0 aromatic rings. The highest BCUT2D eigenvalue weighted by Crippen LogP contribution is 2.11. The first-order chi connectivity index (χ1) is 5.74. The van der Waals surface area contributed by atoms with E-state index in [4.69, 9.17) is 0 Å². The van der Waals surface area contributed by atoms with Crippen LogP contribution in [0.15, 0.2) is 0 Å². The molecule has 1 aliphatic heterocycles. The molecule has 1 N–H and O–H groups in total. The van der Waals surface area contributed by atoms with Crippen molar-refractivity contribution in [1.82, 2.24) is 4.90 Å². The summed E-state index contributed by atoms with van der Waals surface area (Å²) in [6.07, 6.45) is 2.87. The maximum Gasteiger partial charge on any atom is 0.222 e. The van der Waals surface area contributed by atoms with E-state index in [1.54, 1.807) is 0 Å². The molecule has 12 heavy (non-hydrogen) atoms. The minimum absolute atomic E-state index is 0.185. The molecule has 0 bridgehead atoms. The van der Waals surface area contributed by atoms with Gasteiger partial charge in [0.15, 0.2) is 0 Å². The highest BCUT2D eigenvalue weighted by atomic mass is 16.3. The minimum atomic E-state index is -0.185. The number of rotatable bonds is 2. The lowest BCUT2D eigenvalue weighted by Crippen LogP contribution is -2.39. The van der Waals surface area contributed by atoms with Crippen LogP contribution in [0, 0.1) is 0 Å². The third-order valence-electron chi connectivity index (χ3n) is 2.28. The van der Waals surface area contributed by atoms with Crippen LogP contribution in [0.1, 0.15) is 32.6 Å². The van der Waals surface area contributed by atoms with Crippen molar-refractivity contribution in [2.45, 2.75) is 38.7 Å². The maximum atomic E-state index is 11.3. The topological polar surface area (TPSA) is 40.5 Å². The van der Waals surface area contributed by atoms with Gasteiger partial charge in [-0.15, -0.1) is 0 Å². The van der Waals surface area contributed by atoms with Crippen molar-refractivity contribution in [3.05, 3.63) is 0 Å². The van der Waals surface area contributed by atoms with Crippen LogP contribution in [-0.4, -0.2) is 35.1 Å². The van der Waals surface area contributed by atoms with Crippen LogP contribution in [0.5, 0.6) is 0 Å². The molecule has 3 nitrogen and oxygen atoms in total. The zero-order chi connectivity index (χ0) is 8.97. The third-order valence-corrected chi connectivity index (χ3v) is 2.28. The molecule has 0 unspecified atom stereocenters. The van der Waals surface area contributed by atoms with Crippen LogP contribution in [0.25, 0.3) is 0 Å². The number of carbonyl (C=O) groups excluding carboxylic acids is 1. The van der Waals surface area contributed by atoms with Gasteiger partial charge in [0.05, 0.1) is 6.10 Å². The highest BCUT2D eigenvalue weighted by Gasteiger charge is 2.19. The van der Waals surface area contributed by atoms with E-state index in [0.717, 1.165) is 32.4 Å². The van der Waals surface area contributed by atoms with Crippen molar-refractivity contribution in [1.29, 1.82) is 0 Å². The zero-order valence-electron chi connectivity index (χ0n) is 7.62. The highest BCUT2D eigenvalue weighted by molar-refractivity contribution is 5.76. The molecule has 3 heteroatoms. The fraction of sp³-hybridized carbons (Fsp3) is 0.889. The molecule has 1 fully saturated rings. The second-order valence-electron chi connectivity index (χ2n) is 3.36. The number of likely N-dealkylation sites (tertiary alicyclic amines) is 1. The van der Waals surface area contributed by atoms with Gasteiger partial charge in [0.2, 0.25) is 5.91 Å². The van der Waals surface area contributed by atoms with E-state index in [-0.39, 0.29) is 12.0 Å². The molecule has 0 saturated carbocycles. The molecule has 1 heterocycles. The van der Waals surface area contributed by atoms with Gasteiger partial charge in [-0.1, -0.05) is 6.92 Å². The predicted octanol–water partition coefficient (Wildman–Crippen LogP) is 0.770. The van der Waals surface area contributed by atoms with Gasteiger partial charge in [0.25, 0.3) is 0 Å². The van der Waals surface area contributed by atoms with Crippen LogP contribution in [-0.2, 0) is 4.79 Å². The van der Waals surface area contributed by atoms with Gasteiger partial charge in [-0.05, 0) is 19.3 Å². The third kappa shape index (κ3) is 2.48. The summed E-state index contributed by atoms with van der Waals surface area (Å²) in [7, 11) is 0. The van der Waals surface area contributed by atoms with Gasteiger partial charge in [0, 0.05) is 19.5 Å². The molecular weight excluding hydrogens is 154 g/mol. The van der Waals surface area contributed by atoms with Gasteiger partial charge >= 0.3 is 0 Å². The molecule has 70 valence electrons. The van der Waals surface area contributed by atoms with Gasteiger partial charge in [0.1, 0.15) is 0 Å². The number of hydrogen-bond acceptors (Lipinski definition) is 2. The molecule has 1 saturated heterocycles. The molecule has 0 atom stereocenters. The number of hydrogen-bond donors (Lipinski definition) is 1. The summed E-state index contributed by atoms with van der Waals surface area (Å²) in [6.45, 7) is 3.48. The lowest BCUT2D eigenvalue weighted by Gasteiger charge is -2.29. The molecule has 1 rings (SSSR count). The van der Waals surface area contributed by atoms with Crippen molar-refractivity contribution in [2.24, 2.45) is 0 Å². The Labute approximate surface area is 73.4 Å². The number of aliphatic hydroxyl groups is 1. The Morgan fingerprint density at radius 1 is 1.50 bits per heavy atom. The average molecular weight is 171 g/mol. The molecule has 0 aliphatic carbocycles. The Morgan fingerprint density at radius 2 is 2.08 bits per heavy atom. The van der Waals surface area contributed by atoms with Crippen molar-refractivity contribution < 1.29 is 9.90 Å². The van der Waals surface area contributed by atoms with E-state index >= 15 is 0 Å². The number of piperidine rings is 1. The van der Waals surface area contributed by atoms with Crippen LogP contribution >= 0.6 is 0 Å². The smallest absolute Gasteiger partial charge is 0.222 e. The number of amides is 1. The predicted molar refractivity (Wildman–Crippen MR) is 46.7 cm³/mol. The summed E-state index contributed by atoms with van der Waals surface area (Å²) in [4.78, 5) is 13.2. The summed E-state index contributed by atoms with van der Waals surface area (Å²) < 4.78 is 0. The Bertz CT molecular complexity index is 151. The second kappa shape index (κ2) is 4.45. The number of carbonyl (C=O) groups is 1. The molecular formula is C9H17NO2. The fourth-order valence-electron chi connectivity index (χ4n) is 1.49. The zero-order valence-corrected chi connectivity index (χ0v) is 7.62. The maximum absolute atomic E-state index is 11.3. The van der Waals surface area contributed by atoms with Gasteiger partial charge < -0.3 is 10.0 Å². The van der Waals surface area contributed by atoms with Crippen molar-refractivity contribution in [2.75, 3.05) is 13.1 Å². The first-order valence-corrected chi connectivity index (χ1v) is 4.70. The molecule has 0 spiro atoms. The largest absolute Gasteiger partial charge is 0.393 e. The quantitative estimate of drug-likeness (QED) is 0.666. The van der Waals surface area contributed by atoms with E-state index in [0.29, 0.717) is 6.42 Å². The minimum Gasteiger partial charge on any atom is -0.393 e. The molecule has 1 aliphatic rings. The van der Waals surface area contributed by atoms with Crippen LogP contribution in [0.4, 0.5) is 0 Å². The van der Waals surface area contributed by atoms with Crippen LogP contribution in [0.2, 0.25) is 0 Å². The van der Waals surface area contributed by atoms with Gasteiger partial charge in [-0.25, -0.2) is 0 Å². The van der Waals surface area contributed by atoms with E-state index in [2.05, 4.69) is 0 Å². The first kappa shape index (κ1) is 9.52. The fourth-order valence-corrected chi connectivity index (χ4v) is 1.49. The second-order valence-corrected chi connectivity index (χ2v) is 3.36. The van der Waals surface area contributed by atoms with E-state index in [1.165, 1.54) is 0 Å². The normalized spacial score (nSPS) is 19.7. The Kier molecular flexibility index (Phi) is 3.53. The summed E-state index contributed by atoms with van der Waals surface area (Å²) in [5.74, 6) is 0.240. The van der Waals surface area contributed by atoms with E-state index in [1.807, 2.05) is 11.8 Å². The monoisotopic (exact) mass is 171 g/mol. The molecule has 0 aromatic carbocycles. The Morgan fingerprint density at radius 3 is 2.58 bits per heavy atom. The Balaban J connectivity index is 2.29. The van der Waals surface area contributed by atoms with E-state index < -0.39 is 0 Å². The summed E-state index contributed by atoms with van der Waals surface area (Å²) in [5, 5.41) is 9.20. The molecule has 0 radical (unpaired) electrons. The standard InChI is InChI=1S/C9H17NO2/c1-2-3-9(12)10-6-4-8(11)5-7-10/h8,11H,2-7H2,1H3. The summed E-state index contributed by atoms with van der Waals surface area (Å²) in [6, 6.07) is 0. The van der Waals surface area contributed by atoms with Gasteiger partial charge in [-0.2, -0.15) is 0 Å². The first-order valence-electron chi connectivity index (χ1n) is 4.70. The molecule has 0 aromatic heterocycles. The lowest BCUT2D eigenvalue weighted by atomic mass is 10.1. The number of aliphatic hydroxyl groups excluding tert-OH is 1. The van der Waals surface area contributed by atoms with Crippen LogP contribution < -0.4 is 0 Å². The summed E-state index contributed by atoms with van der Waals surface area (Å²) >= 11 is 0. The van der Waals surface area contributed by atoms with E-state index in [9.17, 15) is 9.90 Å². The Hall–Kier alpha value is -0.570. The van der Waals surface area contributed by atoms with Crippen LogP contribution in [0.3, 0.4) is 0 Å². The van der Waals surface area contributed by atoms with Crippen molar-refractivity contribution in [3.63, 3.8) is 0 Å². The van der Waals surface area contributed by atoms with Crippen molar-refractivity contribution >= 4 is 5.91 Å². The SMILES string of the molecule is CCCC(=O)N1CCC(O)CC1. The summed E-state index contributed by atoms with van der Waals surface area (Å²) in [5.41, 5.74) is 0. The number of nitrogens with zero attached hydrogens (tertiary/aromatic N) is 1. The van der Waals surface area contributed by atoms with Crippen molar-refractivity contribution in [3.8, 4) is 0 Å². The van der Waals surface area contributed by atoms with Gasteiger partial charge in [-0.3, -0.25) is 4.79 Å².